The highest BCUT2D eigenvalue weighted by atomic mass is 16.5. The largest absolute Gasteiger partial charge is 0.468 e. The summed E-state index contributed by atoms with van der Waals surface area (Å²) in [6.45, 7) is 0.788. The summed E-state index contributed by atoms with van der Waals surface area (Å²) in [6, 6.07) is 10.4. The minimum absolute atomic E-state index is 0.0431. The molecule has 2 aliphatic rings. The molecule has 2 saturated heterocycles. The summed E-state index contributed by atoms with van der Waals surface area (Å²) in [5, 5.41) is 0. The molecule has 2 bridgehead atoms. The second kappa shape index (κ2) is 5.37. The normalized spacial score (nSPS) is 29.4. The molecule has 0 radical (unpaired) electrons. The molecule has 0 aromatic heterocycles. The number of benzene rings is 1. The molecule has 2 fully saturated rings. The van der Waals surface area contributed by atoms with Crippen LogP contribution in [0.1, 0.15) is 24.8 Å². The summed E-state index contributed by atoms with van der Waals surface area (Å²) in [6.07, 6.45) is 2.47. The third-order valence-corrected chi connectivity index (χ3v) is 4.52. The molecule has 0 spiro atoms. The van der Waals surface area contributed by atoms with Crippen molar-refractivity contribution in [2.24, 2.45) is 5.92 Å². The zero-order valence-electron chi connectivity index (χ0n) is 11.6. The standard InChI is InChI=1S/C16H19NO3/c1-20-16(19)13-9-12-7-8-14(15(13)18)17(12)10-11-5-3-2-4-6-11/h2-6,12-14H,7-10H2,1H3. The van der Waals surface area contributed by atoms with Crippen molar-refractivity contribution >= 4 is 11.8 Å². The minimum Gasteiger partial charge on any atom is -0.468 e. The second-order valence-electron chi connectivity index (χ2n) is 5.62. The van der Waals surface area contributed by atoms with Gasteiger partial charge in [-0.2, -0.15) is 0 Å². The minimum atomic E-state index is -0.551. The molecule has 0 aliphatic carbocycles. The number of carbonyl (C=O) groups is 2. The van der Waals surface area contributed by atoms with Crippen LogP contribution in [0, 0.1) is 5.92 Å². The van der Waals surface area contributed by atoms with E-state index in [1.165, 1.54) is 12.7 Å². The number of esters is 1. The number of rotatable bonds is 3. The maximum atomic E-state index is 12.4. The number of fused-ring (bicyclic) bond motifs is 2. The van der Waals surface area contributed by atoms with Crippen LogP contribution in [0.25, 0.3) is 0 Å². The van der Waals surface area contributed by atoms with Crippen molar-refractivity contribution in [2.45, 2.75) is 37.9 Å². The Morgan fingerprint density at radius 2 is 2.05 bits per heavy atom. The Labute approximate surface area is 118 Å². The summed E-state index contributed by atoms with van der Waals surface area (Å²) in [5.41, 5.74) is 1.22. The first-order chi connectivity index (χ1) is 9.70. The predicted molar refractivity (Wildman–Crippen MR) is 73.9 cm³/mol. The predicted octanol–water partition coefficient (Wildman–Crippen LogP) is 1.78. The van der Waals surface area contributed by atoms with E-state index in [2.05, 4.69) is 17.0 Å². The molecule has 2 heterocycles. The summed E-state index contributed by atoms with van der Waals surface area (Å²) in [4.78, 5) is 26.4. The van der Waals surface area contributed by atoms with Crippen LogP contribution < -0.4 is 0 Å². The Kier molecular flexibility index (Phi) is 3.57. The average molecular weight is 273 g/mol. The van der Waals surface area contributed by atoms with Crippen molar-refractivity contribution < 1.29 is 14.3 Å². The monoisotopic (exact) mass is 273 g/mol. The number of ketones is 1. The van der Waals surface area contributed by atoms with E-state index < -0.39 is 5.92 Å². The van der Waals surface area contributed by atoms with Gasteiger partial charge in [-0.15, -0.1) is 0 Å². The molecular weight excluding hydrogens is 254 g/mol. The first-order valence-electron chi connectivity index (χ1n) is 7.12. The van der Waals surface area contributed by atoms with Crippen LogP contribution in [0.3, 0.4) is 0 Å². The van der Waals surface area contributed by atoms with Gasteiger partial charge in [0.1, 0.15) is 5.92 Å². The molecule has 3 unspecified atom stereocenters. The van der Waals surface area contributed by atoms with Crippen LogP contribution in [0.2, 0.25) is 0 Å². The Morgan fingerprint density at radius 1 is 1.30 bits per heavy atom. The smallest absolute Gasteiger partial charge is 0.316 e. The highest BCUT2D eigenvalue weighted by Crippen LogP contribution is 2.37. The van der Waals surface area contributed by atoms with Gasteiger partial charge in [0.25, 0.3) is 0 Å². The Morgan fingerprint density at radius 3 is 2.75 bits per heavy atom. The first kappa shape index (κ1) is 13.3. The van der Waals surface area contributed by atoms with Gasteiger partial charge in [0.15, 0.2) is 5.78 Å². The van der Waals surface area contributed by atoms with E-state index in [9.17, 15) is 9.59 Å². The van der Waals surface area contributed by atoms with Crippen LogP contribution in [0.4, 0.5) is 0 Å². The lowest BCUT2D eigenvalue weighted by atomic mass is 9.89. The molecular formula is C16H19NO3. The van der Waals surface area contributed by atoms with E-state index in [-0.39, 0.29) is 17.8 Å². The van der Waals surface area contributed by atoms with Crippen molar-refractivity contribution in [1.82, 2.24) is 4.90 Å². The molecule has 0 N–H and O–H groups in total. The van der Waals surface area contributed by atoms with Crippen LogP contribution >= 0.6 is 0 Å². The number of methoxy groups -OCH3 is 1. The van der Waals surface area contributed by atoms with Crippen molar-refractivity contribution in [2.75, 3.05) is 7.11 Å². The van der Waals surface area contributed by atoms with Gasteiger partial charge < -0.3 is 4.74 Å². The van der Waals surface area contributed by atoms with Gasteiger partial charge in [-0.1, -0.05) is 30.3 Å². The Balaban J connectivity index is 1.77. The van der Waals surface area contributed by atoms with Crippen molar-refractivity contribution in [3.63, 3.8) is 0 Å². The average Bonchev–Trinajstić information content (AvgIpc) is 2.78. The van der Waals surface area contributed by atoms with E-state index >= 15 is 0 Å². The van der Waals surface area contributed by atoms with Gasteiger partial charge in [0, 0.05) is 12.6 Å². The Bertz CT molecular complexity index is 514. The first-order valence-corrected chi connectivity index (χ1v) is 7.12. The molecule has 4 heteroatoms. The number of piperidine rings is 1. The van der Waals surface area contributed by atoms with Gasteiger partial charge >= 0.3 is 5.97 Å². The Hall–Kier alpha value is -1.68. The summed E-state index contributed by atoms with van der Waals surface area (Å²) < 4.78 is 4.76. The van der Waals surface area contributed by atoms with Crippen molar-refractivity contribution in [1.29, 1.82) is 0 Å². The summed E-state index contributed by atoms with van der Waals surface area (Å²) in [5.74, 6) is -0.877. The third kappa shape index (κ3) is 2.24. The molecule has 1 aromatic carbocycles. The maximum absolute atomic E-state index is 12.4. The van der Waals surface area contributed by atoms with Gasteiger partial charge in [-0.25, -0.2) is 0 Å². The highest BCUT2D eigenvalue weighted by molar-refractivity contribution is 6.02. The van der Waals surface area contributed by atoms with Crippen LogP contribution in [0.5, 0.6) is 0 Å². The summed E-state index contributed by atoms with van der Waals surface area (Å²) >= 11 is 0. The fourth-order valence-corrected chi connectivity index (χ4v) is 3.50. The van der Waals surface area contributed by atoms with Crippen LogP contribution in [-0.2, 0) is 20.9 Å². The van der Waals surface area contributed by atoms with Crippen molar-refractivity contribution in [3.05, 3.63) is 35.9 Å². The molecule has 0 saturated carbocycles. The molecule has 2 aliphatic heterocycles. The van der Waals surface area contributed by atoms with E-state index in [0.29, 0.717) is 12.5 Å². The number of nitrogens with zero attached hydrogens (tertiary/aromatic N) is 1. The zero-order chi connectivity index (χ0) is 14.1. The molecule has 3 atom stereocenters. The topological polar surface area (TPSA) is 46.6 Å². The fraction of sp³-hybridized carbons (Fsp3) is 0.500. The van der Waals surface area contributed by atoms with E-state index in [0.717, 1.165) is 19.4 Å². The quantitative estimate of drug-likeness (QED) is 0.622. The third-order valence-electron chi connectivity index (χ3n) is 4.52. The van der Waals surface area contributed by atoms with Crippen LogP contribution in [0.15, 0.2) is 30.3 Å². The van der Waals surface area contributed by atoms with Crippen LogP contribution in [-0.4, -0.2) is 35.8 Å². The SMILES string of the molecule is COC(=O)C1CC2CCC(C1=O)N2Cc1ccccc1. The van der Waals surface area contributed by atoms with E-state index in [4.69, 9.17) is 4.74 Å². The molecule has 106 valence electrons. The van der Waals surface area contributed by atoms with E-state index in [1.54, 1.807) is 0 Å². The van der Waals surface area contributed by atoms with E-state index in [1.807, 2.05) is 18.2 Å². The van der Waals surface area contributed by atoms with Gasteiger partial charge in [-0.05, 0) is 24.8 Å². The van der Waals surface area contributed by atoms with Gasteiger partial charge in [0.05, 0.1) is 13.2 Å². The molecule has 20 heavy (non-hydrogen) atoms. The zero-order valence-corrected chi connectivity index (χ0v) is 11.6. The molecule has 1 aromatic rings. The summed E-state index contributed by atoms with van der Waals surface area (Å²) in [7, 11) is 1.36. The lowest BCUT2D eigenvalue weighted by molar-refractivity contribution is -0.154. The van der Waals surface area contributed by atoms with Gasteiger partial charge in [0.2, 0.25) is 0 Å². The highest BCUT2D eigenvalue weighted by Gasteiger charge is 2.49. The molecule has 3 rings (SSSR count). The van der Waals surface area contributed by atoms with Gasteiger partial charge in [-0.3, -0.25) is 14.5 Å². The molecule has 0 amide bonds. The number of ether oxygens (including phenoxy) is 1. The van der Waals surface area contributed by atoms with Crippen molar-refractivity contribution in [3.8, 4) is 0 Å². The molecule has 4 nitrogen and oxygen atoms in total. The number of Topliss-reactive ketones (excluding diaryl/α,β-unsaturated/α-hetero) is 1. The lowest BCUT2D eigenvalue weighted by Crippen LogP contribution is -2.51. The lowest BCUT2D eigenvalue weighted by Gasteiger charge is -2.36. The number of hydrogen-bond donors (Lipinski definition) is 0. The maximum Gasteiger partial charge on any atom is 0.316 e. The number of hydrogen-bond acceptors (Lipinski definition) is 4. The fourth-order valence-electron chi connectivity index (χ4n) is 3.50. The number of carbonyl (C=O) groups excluding carboxylic acids is 2. The second-order valence-corrected chi connectivity index (χ2v) is 5.62.